The van der Waals surface area contributed by atoms with Crippen molar-refractivity contribution in [3.05, 3.63) is 89.0 Å². The summed E-state index contributed by atoms with van der Waals surface area (Å²) < 4.78 is 10.6. The van der Waals surface area contributed by atoms with Crippen molar-refractivity contribution in [2.75, 3.05) is 50.1 Å². The molecule has 0 aliphatic carbocycles. The van der Waals surface area contributed by atoms with E-state index >= 15 is 0 Å². The molecule has 9 heteroatoms. The summed E-state index contributed by atoms with van der Waals surface area (Å²) in [6.07, 6.45) is 0. The van der Waals surface area contributed by atoms with Gasteiger partial charge in [-0.05, 0) is 61.5 Å². The van der Waals surface area contributed by atoms with Gasteiger partial charge in [0.25, 0.3) is 5.91 Å². The van der Waals surface area contributed by atoms with E-state index in [4.69, 9.17) is 21.7 Å². The number of hydrogen-bond donors (Lipinski definition) is 2. The summed E-state index contributed by atoms with van der Waals surface area (Å²) in [6, 6.07) is 21.2. The van der Waals surface area contributed by atoms with Crippen LogP contribution in [-0.4, -0.2) is 61.8 Å². The minimum Gasteiger partial charge on any atom is -0.496 e. The van der Waals surface area contributed by atoms with E-state index in [2.05, 4.69) is 44.7 Å². The maximum Gasteiger partial charge on any atom is 0.338 e. The summed E-state index contributed by atoms with van der Waals surface area (Å²) in [7, 11) is 1.53. The highest BCUT2D eigenvalue weighted by Crippen LogP contribution is 2.29. The van der Waals surface area contributed by atoms with Crippen LogP contribution in [0, 0.1) is 6.92 Å². The molecule has 0 radical (unpaired) electrons. The number of thiocarbonyl (C=S) groups is 1. The fraction of sp³-hybridized carbons (Fsp3) is 0.300. The third-order valence-electron chi connectivity index (χ3n) is 6.61. The Kier molecular flexibility index (Phi) is 9.51. The van der Waals surface area contributed by atoms with E-state index in [1.165, 1.54) is 12.7 Å². The second kappa shape index (κ2) is 13.2. The number of nitrogens with one attached hydrogen (secondary N) is 2. The highest BCUT2D eigenvalue weighted by molar-refractivity contribution is 7.80. The van der Waals surface area contributed by atoms with Gasteiger partial charge in [-0.2, -0.15) is 0 Å². The molecular weight excluding hydrogens is 512 g/mol. The van der Waals surface area contributed by atoms with Crippen molar-refractivity contribution in [3.63, 3.8) is 0 Å². The van der Waals surface area contributed by atoms with E-state index in [1.807, 2.05) is 25.1 Å². The van der Waals surface area contributed by atoms with Gasteiger partial charge < -0.3 is 19.7 Å². The number of para-hydroxylation sites is 1. The maximum absolute atomic E-state index is 13.0. The van der Waals surface area contributed by atoms with Crippen LogP contribution in [0.25, 0.3) is 0 Å². The van der Waals surface area contributed by atoms with E-state index < -0.39 is 5.97 Å². The van der Waals surface area contributed by atoms with E-state index in [0.29, 0.717) is 22.6 Å². The predicted molar refractivity (Wildman–Crippen MR) is 158 cm³/mol. The van der Waals surface area contributed by atoms with Crippen molar-refractivity contribution in [1.82, 2.24) is 10.2 Å². The number of piperazine rings is 1. The monoisotopic (exact) mass is 546 g/mol. The molecule has 0 unspecified atom stereocenters. The molecule has 8 nitrogen and oxygen atoms in total. The zero-order valence-electron chi connectivity index (χ0n) is 22.5. The number of rotatable bonds is 8. The van der Waals surface area contributed by atoms with Crippen LogP contribution in [0.5, 0.6) is 5.75 Å². The molecule has 0 spiro atoms. The van der Waals surface area contributed by atoms with E-state index in [9.17, 15) is 9.59 Å². The van der Waals surface area contributed by atoms with Crippen LogP contribution in [0.1, 0.15) is 38.8 Å². The lowest BCUT2D eigenvalue weighted by molar-refractivity contribution is 0.0526. The number of methoxy groups -OCH3 is 1. The van der Waals surface area contributed by atoms with Crippen molar-refractivity contribution < 1.29 is 19.1 Å². The molecule has 1 aliphatic heterocycles. The number of amides is 1. The van der Waals surface area contributed by atoms with Crippen LogP contribution >= 0.6 is 12.2 Å². The number of carbonyl (C=O) groups is 2. The molecule has 1 amide bonds. The maximum atomic E-state index is 13.0. The molecule has 3 aromatic carbocycles. The smallest absolute Gasteiger partial charge is 0.338 e. The number of aryl methyl sites for hydroxylation is 1. The molecular formula is C30H34N4O4S. The van der Waals surface area contributed by atoms with Gasteiger partial charge in [0, 0.05) is 32.7 Å². The molecule has 204 valence electrons. The zero-order chi connectivity index (χ0) is 27.8. The van der Waals surface area contributed by atoms with Crippen LogP contribution in [0.4, 0.5) is 11.4 Å². The van der Waals surface area contributed by atoms with E-state index in [1.54, 1.807) is 31.2 Å². The predicted octanol–water partition coefficient (Wildman–Crippen LogP) is 4.63. The Morgan fingerprint density at radius 3 is 2.41 bits per heavy atom. The highest BCUT2D eigenvalue weighted by atomic mass is 32.1. The first-order chi connectivity index (χ1) is 18.9. The minimum absolute atomic E-state index is 0.119. The summed E-state index contributed by atoms with van der Waals surface area (Å²) in [5.74, 6) is -0.305. The first-order valence-corrected chi connectivity index (χ1v) is 13.4. The van der Waals surface area contributed by atoms with Crippen molar-refractivity contribution in [3.8, 4) is 5.75 Å². The van der Waals surface area contributed by atoms with Crippen LogP contribution in [0.15, 0.2) is 66.7 Å². The van der Waals surface area contributed by atoms with Gasteiger partial charge in [0.05, 0.1) is 36.2 Å². The molecule has 0 saturated carbocycles. The first-order valence-electron chi connectivity index (χ1n) is 13.0. The van der Waals surface area contributed by atoms with Crippen molar-refractivity contribution in [2.45, 2.75) is 20.4 Å². The second-order valence-electron chi connectivity index (χ2n) is 9.27. The van der Waals surface area contributed by atoms with Crippen LogP contribution in [-0.2, 0) is 11.3 Å². The summed E-state index contributed by atoms with van der Waals surface area (Å²) in [6.45, 7) is 8.22. The lowest BCUT2D eigenvalue weighted by Crippen LogP contribution is -2.46. The Bertz CT molecular complexity index is 1320. The van der Waals surface area contributed by atoms with Gasteiger partial charge in [0.2, 0.25) is 0 Å². The number of ether oxygens (including phenoxy) is 2. The van der Waals surface area contributed by atoms with Crippen molar-refractivity contribution in [2.24, 2.45) is 0 Å². The van der Waals surface area contributed by atoms with Gasteiger partial charge in [-0.25, -0.2) is 4.79 Å². The third kappa shape index (κ3) is 7.13. The highest BCUT2D eigenvalue weighted by Gasteiger charge is 2.22. The fourth-order valence-corrected chi connectivity index (χ4v) is 4.87. The Hall–Kier alpha value is -3.95. The van der Waals surface area contributed by atoms with Crippen molar-refractivity contribution >= 4 is 40.6 Å². The summed E-state index contributed by atoms with van der Waals surface area (Å²) in [5.41, 5.74) is 4.45. The Morgan fingerprint density at radius 1 is 0.974 bits per heavy atom. The molecule has 3 aromatic rings. The van der Waals surface area contributed by atoms with E-state index in [0.717, 1.165) is 44.0 Å². The lowest BCUT2D eigenvalue weighted by atomic mass is 10.1. The van der Waals surface area contributed by atoms with Gasteiger partial charge in [-0.3, -0.25) is 15.0 Å². The van der Waals surface area contributed by atoms with Crippen molar-refractivity contribution in [1.29, 1.82) is 0 Å². The minimum atomic E-state index is -0.417. The number of esters is 1. The molecule has 1 fully saturated rings. The largest absolute Gasteiger partial charge is 0.496 e. The average molecular weight is 547 g/mol. The molecule has 39 heavy (non-hydrogen) atoms. The lowest BCUT2D eigenvalue weighted by Gasteiger charge is -2.37. The molecule has 0 atom stereocenters. The van der Waals surface area contributed by atoms with Crippen LogP contribution in [0.2, 0.25) is 0 Å². The summed E-state index contributed by atoms with van der Waals surface area (Å²) >= 11 is 5.51. The molecule has 4 rings (SSSR count). The first kappa shape index (κ1) is 28.1. The summed E-state index contributed by atoms with van der Waals surface area (Å²) in [5, 5.41) is 6.01. The number of anilines is 2. The van der Waals surface area contributed by atoms with Gasteiger partial charge in [0.1, 0.15) is 5.75 Å². The molecule has 1 heterocycles. The van der Waals surface area contributed by atoms with E-state index in [-0.39, 0.29) is 17.6 Å². The Morgan fingerprint density at radius 2 is 1.72 bits per heavy atom. The normalized spacial score (nSPS) is 13.5. The zero-order valence-corrected chi connectivity index (χ0v) is 23.3. The topological polar surface area (TPSA) is 83.1 Å². The molecule has 1 saturated heterocycles. The van der Waals surface area contributed by atoms with Crippen LogP contribution < -0.4 is 20.3 Å². The number of carbonyl (C=O) groups excluding carboxylic acids is 2. The molecule has 0 aromatic heterocycles. The number of nitrogens with zero attached hydrogens (tertiary/aromatic N) is 2. The van der Waals surface area contributed by atoms with Gasteiger partial charge in [-0.1, -0.05) is 42.5 Å². The fourth-order valence-electron chi connectivity index (χ4n) is 4.67. The van der Waals surface area contributed by atoms with Gasteiger partial charge in [0.15, 0.2) is 5.11 Å². The van der Waals surface area contributed by atoms with Crippen LogP contribution in [0.3, 0.4) is 0 Å². The molecule has 1 aliphatic rings. The van der Waals surface area contributed by atoms with Gasteiger partial charge in [-0.15, -0.1) is 0 Å². The Labute approximate surface area is 234 Å². The SMILES string of the molecule is CCOC(=O)c1ccc(N2CCN(Cc3ccccc3)CC2)c(NC(=S)NC(=O)c2cccc(C)c2OC)c1. The number of hydrogen-bond acceptors (Lipinski definition) is 7. The second-order valence-corrected chi connectivity index (χ2v) is 9.67. The molecule has 0 bridgehead atoms. The third-order valence-corrected chi connectivity index (χ3v) is 6.81. The summed E-state index contributed by atoms with van der Waals surface area (Å²) in [4.78, 5) is 30.1. The quantitative estimate of drug-likeness (QED) is 0.313. The standard InChI is InChI=1S/C30H34N4O4S/c1-4-38-29(36)23-13-14-26(34-17-15-33(16-18-34)20-22-10-6-5-7-11-22)25(19-23)31-30(39)32-28(35)24-12-8-9-21(2)27(24)37-3/h5-14,19H,4,15-18,20H2,1-3H3,(H2,31,32,35,39). The average Bonchev–Trinajstić information content (AvgIpc) is 2.94. The van der Waals surface area contributed by atoms with Gasteiger partial charge >= 0.3 is 5.97 Å². The molecule has 2 N–H and O–H groups in total. The Balaban J connectivity index is 1.50. The number of benzene rings is 3.